The van der Waals surface area contributed by atoms with Crippen molar-refractivity contribution < 1.29 is 0 Å². The molecule has 3 aliphatic rings. The van der Waals surface area contributed by atoms with E-state index in [0.717, 1.165) is 165 Å². The molecule has 0 saturated heterocycles. The summed E-state index contributed by atoms with van der Waals surface area (Å²) in [4.78, 5) is 38.7. The quantitative estimate of drug-likeness (QED) is 0.1000. The Morgan fingerprint density at radius 2 is 0.367 bits per heavy atom. The maximum atomic E-state index is 5.23. The second kappa shape index (κ2) is 42.2. The van der Waals surface area contributed by atoms with Crippen LogP contribution in [0.25, 0.3) is 180 Å². The highest BCUT2D eigenvalue weighted by Gasteiger charge is 2.47. The predicted octanol–water partition coefficient (Wildman–Crippen LogP) is 38.7. The van der Waals surface area contributed by atoms with Crippen molar-refractivity contribution in [3.05, 3.63) is 542 Å². The van der Waals surface area contributed by atoms with E-state index in [1.807, 2.05) is 97.5 Å². The normalized spacial score (nSPS) is 12.7. The monoisotopic (exact) mass is 2400 g/mol. The minimum atomic E-state index is -0.494. The molecule has 8 heterocycles. The molecule has 8 nitrogen and oxygen atoms in total. The van der Waals surface area contributed by atoms with Gasteiger partial charge in [0, 0.05) is 116 Å². The Kier molecular flexibility index (Phi) is 28.1. The Morgan fingerprint density at radius 1 is 0.156 bits per heavy atom. The van der Waals surface area contributed by atoms with Crippen molar-refractivity contribution in [1.29, 1.82) is 0 Å². The highest BCUT2D eigenvalue weighted by Crippen LogP contribution is 2.59. The minimum Gasteiger partial charge on any atom is -0.255 e. The van der Waals surface area contributed by atoms with Gasteiger partial charge in [0.25, 0.3) is 0 Å². The standard InChI is InChI=1S/C41H26Br2N2.2C31H22Br2N2.C28H18Br2N2/c42-31-17-14-27(15-18-31)40-33(22-23-39(45-40)38-13-7-8-24-44-38)28-16-20-34-35-21-19-32(43)26-37(35)41(36(34)25-28,29-9-3-1-4-10-29)30-11-5-2-6-12-30;1-31(2)26-17-20(8-12-24(26)25-13-11-22(33)18-27(25)31)23-14-15-29(28-5-3-4-16-34-28)35-30(23)19-6-9-21(32)10-7-19;1-31(2)26-17-20(8-12-24(26)25-13-11-22(33)18-27(25)31)30-23(19-6-9-21(32)10-7-19)14-15-29(35-30)28-5-3-4-16-34-28;29-23-12-8-20(9-13-23)19-4-6-22(7-5-19)28-25(21-10-14-24(30)15-11-21)16-17-27(32-28)26-3-1-2-18-31-26/h1-26H;2*3-18H,1-2H3;1-18H. The molecule has 3 aliphatic carbocycles. The molecule has 0 spiro atoms. The van der Waals surface area contributed by atoms with E-state index >= 15 is 0 Å². The molecule has 14 aromatic carbocycles. The number of hydrogen-bond acceptors (Lipinski definition) is 8. The molecule has 0 bridgehead atoms. The Labute approximate surface area is 923 Å². The summed E-state index contributed by atoms with van der Waals surface area (Å²) in [5, 5.41) is 0. The molecule has 0 saturated carbocycles. The fraction of sp³-hybridized carbons (Fsp3) is 0.0534. The first-order chi connectivity index (χ1) is 71.6. The van der Waals surface area contributed by atoms with Gasteiger partial charge < -0.3 is 0 Å². The summed E-state index contributed by atoms with van der Waals surface area (Å²) in [6, 6.07) is 153. The number of halogens is 8. The van der Waals surface area contributed by atoms with Gasteiger partial charge in [-0.15, -0.1) is 0 Å². The first-order valence-corrected chi connectivity index (χ1v) is 54.5. The Bertz CT molecular complexity index is 8630. The maximum Gasteiger partial charge on any atom is 0.0894 e. The van der Waals surface area contributed by atoms with E-state index in [4.69, 9.17) is 19.9 Å². The molecule has 0 radical (unpaired) electrons. The molecular weight excluding hydrogens is 2320 g/mol. The van der Waals surface area contributed by atoms with Crippen LogP contribution in [0.1, 0.15) is 72.2 Å². The number of nitrogens with zero attached hydrogens (tertiary/aromatic N) is 8. The third-order valence-corrected chi connectivity index (χ3v) is 32.0. The van der Waals surface area contributed by atoms with E-state index in [2.05, 4.69) is 533 Å². The van der Waals surface area contributed by atoms with Gasteiger partial charge in [-0.05, 0) is 324 Å². The fourth-order valence-corrected chi connectivity index (χ4v) is 23.0. The number of hydrogen-bond donors (Lipinski definition) is 0. The van der Waals surface area contributed by atoms with Crippen LogP contribution in [0, 0.1) is 0 Å². The van der Waals surface area contributed by atoms with Gasteiger partial charge in [-0.3, -0.25) is 19.9 Å². The Morgan fingerprint density at radius 3 is 0.687 bits per heavy atom. The van der Waals surface area contributed by atoms with Crippen LogP contribution in [0.5, 0.6) is 0 Å². The summed E-state index contributed by atoms with van der Waals surface area (Å²) in [7, 11) is 0. The van der Waals surface area contributed by atoms with E-state index in [9.17, 15) is 0 Å². The third kappa shape index (κ3) is 19.8. The molecule has 8 aromatic heterocycles. The highest BCUT2D eigenvalue weighted by atomic mass is 79.9. The van der Waals surface area contributed by atoms with Crippen molar-refractivity contribution in [3.8, 4) is 180 Å². The predicted molar refractivity (Wildman–Crippen MR) is 633 cm³/mol. The minimum absolute atomic E-state index is 0.0798. The zero-order valence-corrected chi connectivity index (χ0v) is 92.7. The van der Waals surface area contributed by atoms with Gasteiger partial charge in [-0.2, -0.15) is 0 Å². The first-order valence-electron chi connectivity index (χ1n) is 48.2. The van der Waals surface area contributed by atoms with Crippen molar-refractivity contribution in [1.82, 2.24) is 39.9 Å². The summed E-state index contributed by atoms with van der Waals surface area (Å²) in [5.74, 6) is 0. The van der Waals surface area contributed by atoms with E-state index < -0.39 is 5.41 Å². The fourth-order valence-electron chi connectivity index (χ4n) is 20.6. The summed E-state index contributed by atoms with van der Waals surface area (Å²) in [5.41, 5.74) is 43.7. The molecule has 0 amide bonds. The average Bonchev–Trinajstić information content (AvgIpc) is 1.49. The van der Waals surface area contributed by atoms with Crippen molar-refractivity contribution >= 4 is 127 Å². The SMILES string of the molecule is Brc1ccc(-c2ccc(-c3nc(-c4ccccn4)ccc3-c3ccc(Br)cc3)cc2)cc1.Brc1ccc(-c2nc(-c3ccccn3)ccc2-c2ccc3c(c2)C(c2ccccc2)(c2ccccc2)c2cc(Br)ccc2-3)cc1.CC1(C)c2cc(Br)ccc2-c2ccc(-c3ccc(-c4ccccn4)nc3-c3ccc(Br)cc3)cc21.CC1(C)c2cc(Br)ccc2-c2ccc(-c3nc(-c4ccccn4)ccc3-c3ccc(Br)cc3)cc21. The van der Waals surface area contributed by atoms with E-state index in [1.54, 1.807) is 6.20 Å². The van der Waals surface area contributed by atoms with Crippen LogP contribution in [0.3, 0.4) is 0 Å². The van der Waals surface area contributed by atoms with E-state index in [0.29, 0.717) is 0 Å². The topological polar surface area (TPSA) is 103 Å². The van der Waals surface area contributed by atoms with Gasteiger partial charge in [-0.1, -0.05) is 380 Å². The van der Waals surface area contributed by atoms with Crippen LogP contribution >= 0.6 is 127 Å². The van der Waals surface area contributed by atoms with Crippen molar-refractivity contribution in [2.24, 2.45) is 0 Å². The van der Waals surface area contributed by atoms with Crippen LogP contribution in [-0.4, -0.2) is 39.9 Å². The molecule has 0 fully saturated rings. The Hall–Kier alpha value is -13.9. The van der Waals surface area contributed by atoms with Crippen molar-refractivity contribution in [2.45, 2.75) is 43.9 Å². The molecular formula is C131H88Br8N8. The Balaban J connectivity index is 0.000000112. The van der Waals surface area contributed by atoms with Gasteiger partial charge in [0.15, 0.2) is 0 Å². The molecule has 147 heavy (non-hydrogen) atoms. The van der Waals surface area contributed by atoms with Gasteiger partial charge in [0.1, 0.15) is 0 Å². The number of fused-ring (bicyclic) bond motifs is 9. The number of aromatic nitrogens is 8. The molecule has 0 unspecified atom stereocenters. The lowest BCUT2D eigenvalue weighted by atomic mass is 9.67. The van der Waals surface area contributed by atoms with Crippen LogP contribution in [0.2, 0.25) is 0 Å². The average molecular weight is 2410 g/mol. The molecule has 16 heteroatoms. The number of pyridine rings is 8. The molecule has 0 N–H and O–H groups in total. The van der Waals surface area contributed by atoms with Gasteiger partial charge >= 0.3 is 0 Å². The molecule has 0 aliphatic heterocycles. The second-order valence-electron chi connectivity index (χ2n) is 37.4. The van der Waals surface area contributed by atoms with Gasteiger partial charge in [0.05, 0.1) is 73.7 Å². The number of rotatable bonds is 15. The smallest absolute Gasteiger partial charge is 0.0894 e. The lowest BCUT2D eigenvalue weighted by Crippen LogP contribution is -2.28. The van der Waals surface area contributed by atoms with Crippen LogP contribution in [0.15, 0.2) is 497 Å². The third-order valence-electron chi connectivity index (χ3n) is 27.9. The zero-order valence-electron chi connectivity index (χ0n) is 80.0. The van der Waals surface area contributed by atoms with Gasteiger partial charge in [0.2, 0.25) is 0 Å². The highest BCUT2D eigenvalue weighted by molar-refractivity contribution is 9.11. The lowest BCUT2D eigenvalue weighted by Gasteiger charge is -2.34. The summed E-state index contributed by atoms with van der Waals surface area (Å²) >= 11 is 28.9. The van der Waals surface area contributed by atoms with Gasteiger partial charge in [-0.25, -0.2) is 19.9 Å². The second-order valence-corrected chi connectivity index (χ2v) is 44.8. The zero-order chi connectivity index (χ0) is 101. The molecule has 708 valence electrons. The summed E-state index contributed by atoms with van der Waals surface area (Å²) in [6.45, 7) is 9.24. The molecule has 0 atom stereocenters. The van der Waals surface area contributed by atoms with Crippen LogP contribution in [0.4, 0.5) is 0 Å². The lowest BCUT2D eigenvalue weighted by molar-refractivity contribution is 0.660. The summed E-state index contributed by atoms with van der Waals surface area (Å²) < 4.78 is 8.56. The van der Waals surface area contributed by atoms with E-state index in [1.165, 1.54) is 94.6 Å². The largest absolute Gasteiger partial charge is 0.255 e. The molecule has 25 rings (SSSR count). The molecule has 22 aromatic rings. The van der Waals surface area contributed by atoms with Crippen LogP contribution in [-0.2, 0) is 16.2 Å². The first kappa shape index (κ1) is 97.8. The van der Waals surface area contributed by atoms with E-state index in [-0.39, 0.29) is 10.8 Å². The maximum absolute atomic E-state index is 5.23. The van der Waals surface area contributed by atoms with Crippen molar-refractivity contribution in [3.63, 3.8) is 0 Å². The number of benzene rings is 14. The van der Waals surface area contributed by atoms with Crippen molar-refractivity contribution in [2.75, 3.05) is 0 Å². The van der Waals surface area contributed by atoms with Crippen LogP contribution < -0.4 is 0 Å². The summed E-state index contributed by atoms with van der Waals surface area (Å²) in [6.07, 6.45) is 7.23.